The highest BCUT2D eigenvalue weighted by atomic mass is 79.9. The molecule has 1 N–H and O–H groups in total. The van der Waals surface area contributed by atoms with Gasteiger partial charge in [-0.1, -0.05) is 28.1 Å². The van der Waals surface area contributed by atoms with E-state index in [1.807, 2.05) is 12.1 Å². The van der Waals surface area contributed by atoms with E-state index < -0.39 is 10.0 Å². The summed E-state index contributed by atoms with van der Waals surface area (Å²) in [5.74, 6) is -0.120. The quantitative estimate of drug-likeness (QED) is 0.608. The van der Waals surface area contributed by atoms with Gasteiger partial charge in [-0.05, 0) is 42.0 Å². The number of nitrogens with zero attached hydrogens (tertiary/aromatic N) is 2. The van der Waals surface area contributed by atoms with Crippen molar-refractivity contribution in [1.82, 2.24) is 9.62 Å². The van der Waals surface area contributed by atoms with E-state index in [9.17, 15) is 13.2 Å². The number of benzene rings is 2. The van der Waals surface area contributed by atoms with Crippen LogP contribution in [0.4, 0.5) is 5.69 Å². The van der Waals surface area contributed by atoms with Gasteiger partial charge in [-0.25, -0.2) is 13.1 Å². The van der Waals surface area contributed by atoms with Gasteiger partial charge in [0.05, 0.1) is 18.1 Å². The minimum Gasteiger partial charge on any atom is -0.378 e. The summed E-state index contributed by atoms with van der Waals surface area (Å²) in [6, 6.07) is 14.5. The molecule has 0 unspecified atom stereocenters. The molecule has 0 atom stereocenters. The number of carbonyl (C=O) groups is 1. The SMILES string of the molecule is CN(Cc1ccc(N2CCOCC2)cc1)C(=O)CCNS(=O)(=O)c1ccc(Br)cc1. The lowest BCUT2D eigenvalue weighted by atomic mass is 10.1. The zero-order chi connectivity index (χ0) is 21.6. The Morgan fingerprint density at radius 3 is 2.37 bits per heavy atom. The van der Waals surface area contributed by atoms with Crippen molar-refractivity contribution in [3.05, 3.63) is 58.6 Å². The van der Waals surface area contributed by atoms with Crippen molar-refractivity contribution < 1.29 is 17.9 Å². The monoisotopic (exact) mass is 495 g/mol. The summed E-state index contributed by atoms with van der Waals surface area (Å²) < 4.78 is 33.2. The highest BCUT2D eigenvalue weighted by Crippen LogP contribution is 2.18. The molecule has 1 aliphatic rings. The molecule has 1 heterocycles. The highest BCUT2D eigenvalue weighted by molar-refractivity contribution is 9.10. The second-order valence-electron chi connectivity index (χ2n) is 7.12. The van der Waals surface area contributed by atoms with Crippen LogP contribution in [0.3, 0.4) is 0 Å². The zero-order valence-electron chi connectivity index (χ0n) is 16.9. The Morgan fingerprint density at radius 2 is 1.73 bits per heavy atom. The second-order valence-corrected chi connectivity index (χ2v) is 9.80. The summed E-state index contributed by atoms with van der Waals surface area (Å²) in [4.78, 5) is 16.5. The predicted octanol–water partition coefficient (Wildman–Crippen LogP) is 2.61. The van der Waals surface area contributed by atoms with Gasteiger partial charge >= 0.3 is 0 Å². The molecule has 0 aliphatic carbocycles. The summed E-state index contributed by atoms with van der Waals surface area (Å²) in [7, 11) is -1.90. The van der Waals surface area contributed by atoms with E-state index in [0.717, 1.165) is 42.0 Å². The number of rotatable bonds is 8. The maximum Gasteiger partial charge on any atom is 0.240 e. The maximum atomic E-state index is 12.4. The number of halogens is 1. The third-order valence-corrected chi connectivity index (χ3v) is 6.92. The van der Waals surface area contributed by atoms with Crippen molar-refractivity contribution in [1.29, 1.82) is 0 Å². The van der Waals surface area contributed by atoms with Gasteiger partial charge in [0.1, 0.15) is 0 Å². The van der Waals surface area contributed by atoms with Gasteiger partial charge in [0.2, 0.25) is 15.9 Å². The van der Waals surface area contributed by atoms with Gasteiger partial charge in [-0.15, -0.1) is 0 Å². The summed E-state index contributed by atoms with van der Waals surface area (Å²) >= 11 is 3.28. The average Bonchev–Trinajstić information content (AvgIpc) is 2.75. The normalized spacial score (nSPS) is 14.5. The molecule has 162 valence electrons. The molecule has 1 saturated heterocycles. The first kappa shape index (κ1) is 22.7. The van der Waals surface area contributed by atoms with Gasteiger partial charge in [0.15, 0.2) is 0 Å². The molecule has 2 aromatic carbocycles. The molecular weight excluding hydrogens is 470 g/mol. The van der Waals surface area contributed by atoms with Gasteiger partial charge < -0.3 is 14.5 Å². The van der Waals surface area contributed by atoms with E-state index in [1.54, 1.807) is 24.1 Å². The number of morpholine rings is 1. The van der Waals surface area contributed by atoms with Crippen LogP contribution in [0.25, 0.3) is 0 Å². The molecule has 9 heteroatoms. The van der Waals surface area contributed by atoms with E-state index in [2.05, 4.69) is 37.7 Å². The second kappa shape index (κ2) is 10.4. The number of ether oxygens (including phenoxy) is 1. The summed E-state index contributed by atoms with van der Waals surface area (Å²) in [6.07, 6.45) is 0.0954. The molecular formula is C21H26BrN3O4S. The molecule has 2 aromatic rings. The number of nitrogens with one attached hydrogen (secondary N) is 1. The lowest BCUT2D eigenvalue weighted by Crippen LogP contribution is -2.36. The van der Waals surface area contributed by atoms with Crippen LogP contribution >= 0.6 is 15.9 Å². The minimum atomic E-state index is -3.63. The van der Waals surface area contributed by atoms with Crippen LogP contribution in [0.15, 0.2) is 57.9 Å². The zero-order valence-corrected chi connectivity index (χ0v) is 19.3. The molecule has 0 saturated carbocycles. The summed E-state index contributed by atoms with van der Waals surface area (Å²) in [5, 5.41) is 0. The summed E-state index contributed by atoms with van der Waals surface area (Å²) in [6.45, 7) is 3.77. The topological polar surface area (TPSA) is 79.0 Å². The molecule has 1 amide bonds. The highest BCUT2D eigenvalue weighted by Gasteiger charge is 2.16. The van der Waals surface area contributed by atoms with Gasteiger partial charge in [-0.3, -0.25) is 4.79 Å². The van der Waals surface area contributed by atoms with Crippen molar-refractivity contribution in [2.75, 3.05) is 44.8 Å². The van der Waals surface area contributed by atoms with Gasteiger partial charge in [0.25, 0.3) is 0 Å². The Balaban J connectivity index is 1.46. The molecule has 7 nitrogen and oxygen atoms in total. The maximum absolute atomic E-state index is 12.4. The summed E-state index contributed by atoms with van der Waals surface area (Å²) in [5.41, 5.74) is 2.18. The Kier molecular flexibility index (Phi) is 7.87. The Bertz CT molecular complexity index is 943. The fraction of sp³-hybridized carbons (Fsp3) is 0.381. The number of amides is 1. The van der Waals surface area contributed by atoms with Crippen molar-refractivity contribution in [3.63, 3.8) is 0 Å². The molecule has 0 aromatic heterocycles. The van der Waals surface area contributed by atoms with Crippen LogP contribution in [-0.2, 0) is 26.1 Å². The van der Waals surface area contributed by atoms with E-state index in [1.165, 1.54) is 12.1 Å². The number of hydrogen-bond acceptors (Lipinski definition) is 5. The predicted molar refractivity (Wildman–Crippen MR) is 120 cm³/mol. The molecule has 0 radical (unpaired) electrons. The van der Waals surface area contributed by atoms with Crippen LogP contribution < -0.4 is 9.62 Å². The van der Waals surface area contributed by atoms with E-state index >= 15 is 0 Å². The fourth-order valence-corrected chi connectivity index (χ4v) is 4.47. The lowest BCUT2D eigenvalue weighted by molar-refractivity contribution is -0.130. The number of sulfonamides is 1. The third-order valence-electron chi connectivity index (χ3n) is 4.91. The van der Waals surface area contributed by atoms with E-state index in [0.29, 0.717) is 6.54 Å². The third kappa shape index (κ3) is 6.28. The molecule has 1 aliphatic heterocycles. The van der Waals surface area contributed by atoms with Crippen molar-refractivity contribution in [2.24, 2.45) is 0 Å². The minimum absolute atomic E-state index is 0.0531. The lowest BCUT2D eigenvalue weighted by Gasteiger charge is -2.29. The van der Waals surface area contributed by atoms with Crippen molar-refractivity contribution in [2.45, 2.75) is 17.9 Å². The molecule has 1 fully saturated rings. The average molecular weight is 496 g/mol. The molecule has 3 rings (SSSR count). The van der Waals surface area contributed by atoms with Crippen molar-refractivity contribution >= 4 is 37.5 Å². The van der Waals surface area contributed by atoms with Crippen LogP contribution in [0, 0.1) is 0 Å². The van der Waals surface area contributed by atoms with Crippen LogP contribution in [0.2, 0.25) is 0 Å². The standard InChI is InChI=1S/C21H26BrN3O4S/c1-24(16-17-2-6-19(7-3-17)25-12-14-29-15-13-25)21(26)10-11-23-30(27,28)20-8-4-18(22)5-9-20/h2-9,23H,10-16H2,1H3. The molecule has 0 bridgehead atoms. The first-order valence-corrected chi connectivity index (χ1v) is 12.0. The van der Waals surface area contributed by atoms with Gasteiger partial charge in [-0.2, -0.15) is 0 Å². The number of anilines is 1. The van der Waals surface area contributed by atoms with Crippen LogP contribution in [0.1, 0.15) is 12.0 Å². The fourth-order valence-electron chi connectivity index (χ4n) is 3.18. The van der Waals surface area contributed by atoms with E-state index in [4.69, 9.17) is 4.74 Å². The van der Waals surface area contributed by atoms with E-state index in [-0.39, 0.29) is 23.8 Å². The molecule has 30 heavy (non-hydrogen) atoms. The Labute approximate surface area is 186 Å². The largest absolute Gasteiger partial charge is 0.378 e. The molecule has 0 spiro atoms. The smallest absolute Gasteiger partial charge is 0.240 e. The van der Waals surface area contributed by atoms with Gasteiger partial charge in [0, 0.05) is 49.8 Å². The first-order valence-electron chi connectivity index (χ1n) is 9.76. The van der Waals surface area contributed by atoms with Crippen molar-refractivity contribution in [3.8, 4) is 0 Å². The Hall–Kier alpha value is -1.94. The Morgan fingerprint density at radius 1 is 1.10 bits per heavy atom. The first-order chi connectivity index (χ1) is 14.3. The van der Waals surface area contributed by atoms with Crippen LogP contribution in [0.5, 0.6) is 0 Å². The number of hydrogen-bond donors (Lipinski definition) is 1. The van der Waals surface area contributed by atoms with Crippen LogP contribution in [-0.4, -0.2) is 59.1 Å². The number of carbonyl (C=O) groups excluding carboxylic acids is 1.